The van der Waals surface area contributed by atoms with E-state index in [4.69, 9.17) is 11.2 Å². The molecule has 0 radical (unpaired) electrons. The summed E-state index contributed by atoms with van der Waals surface area (Å²) in [6.07, 6.45) is 5.19. The number of pyridine rings is 1. The number of aromatic nitrogens is 1. The van der Waals surface area contributed by atoms with Gasteiger partial charge in [0.2, 0.25) is 0 Å². The molecule has 0 saturated carbocycles. The Hall–Kier alpha value is -3.14. The fourth-order valence-electron chi connectivity index (χ4n) is 2.09. The average molecular weight is 359 g/mol. The Morgan fingerprint density at radius 3 is 2.46 bits per heavy atom. The van der Waals surface area contributed by atoms with E-state index in [1.807, 2.05) is 20.8 Å². The van der Waals surface area contributed by atoms with Gasteiger partial charge in [-0.25, -0.2) is 13.8 Å². The number of hydrogen-bond acceptors (Lipinski definition) is 4. The highest BCUT2D eigenvalue weighted by atomic mass is 19.1. The van der Waals surface area contributed by atoms with Crippen molar-refractivity contribution in [2.75, 3.05) is 11.9 Å². The lowest BCUT2D eigenvalue weighted by atomic mass is 10.1. The fourth-order valence-corrected chi connectivity index (χ4v) is 2.09. The highest BCUT2D eigenvalue weighted by Crippen LogP contribution is 2.23. The van der Waals surface area contributed by atoms with Crippen molar-refractivity contribution in [1.29, 1.82) is 0 Å². The van der Waals surface area contributed by atoms with Gasteiger partial charge in [-0.2, -0.15) is 0 Å². The van der Waals surface area contributed by atoms with E-state index in [9.17, 15) is 13.6 Å². The molecule has 0 unspecified atom stereocenters. The van der Waals surface area contributed by atoms with Crippen LogP contribution in [0.5, 0.6) is 5.75 Å². The van der Waals surface area contributed by atoms with Crippen LogP contribution in [0.25, 0.3) is 0 Å². The molecule has 0 fully saturated rings. The van der Waals surface area contributed by atoms with Crippen molar-refractivity contribution in [3.63, 3.8) is 0 Å². The molecule has 5 nitrogen and oxygen atoms in total. The molecule has 1 amide bonds. The standard InChI is InChI=1S/C19H19F2N3O2/c1-5-8-26-15-6-7-16(22-14-10-12(20)9-13(21)11-14)23-17(15)18(25)24-19(2,3)4/h1,6-7,9-11H,8H2,2-4H3,(H,22,23)(H,24,25). The van der Waals surface area contributed by atoms with Gasteiger partial charge in [0.15, 0.2) is 11.4 Å². The Kier molecular flexibility index (Phi) is 5.78. The first-order valence-corrected chi connectivity index (χ1v) is 7.81. The molecule has 1 aromatic carbocycles. The first kappa shape index (κ1) is 19.2. The van der Waals surface area contributed by atoms with Crippen LogP contribution in [0.15, 0.2) is 30.3 Å². The molecule has 0 aliphatic heterocycles. The van der Waals surface area contributed by atoms with Crippen molar-refractivity contribution in [1.82, 2.24) is 10.3 Å². The zero-order valence-electron chi connectivity index (χ0n) is 14.7. The Balaban J connectivity index is 2.35. The van der Waals surface area contributed by atoms with E-state index in [0.717, 1.165) is 18.2 Å². The smallest absolute Gasteiger partial charge is 0.274 e. The summed E-state index contributed by atoms with van der Waals surface area (Å²) in [6.45, 7) is 5.44. The van der Waals surface area contributed by atoms with Crippen LogP contribution >= 0.6 is 0 Å². The van der Waals surface area contributed by atoms with Gasteiger partial charge in [0.1, 0.15) is 24.1 Å². The SMILES string of the molecule is C#CCOc1ccc(Nc2cc(F)cc(F)c2)nc1C(=O)NC(C)(C)C. The van der Waals surface area contributed by atoms with Crippen LogP contribution in [0.2, 0.25) is 0 Å². The number of terminal acetylenes is 1. The van der Waals surface area contributed by atoms with Gasteiger partial charge in [0.25, 0.3) is 5.91 Å². The molecule has 2 N–H and O–H groups in total. The Labute approximate surface area is 150 Å². The predicted octanol–water partition coefficient (Wildman–Crippen LogP) is 3.64. The monoisotopic (exact) mass is 359 g/mol. The van der Waals surface area contributed by atoms with Crippen molar-refractivity contribution in [3.8, 4) is 18.1 Å². The summed E-state index contributed by atoms with van der Waals surface area (Å²) in [6, 6.07) is 6.02. The van der Waals surface area contributed by atoms with Crippen LogP contribution in [0.1, 0.15) is 31.3 Å². The minimum atomic E-state index is -0.729. The summed E-state index contributed by atoms with van der Waals surface area (Å²) in [7, 11) is 0. The van der Waals surface area contributed by atoms with Gasteiger partial charge >= 0.3 is 0 Å². The van der Waals surface area contributed by atoms with Crippen LogP contribution < -0.4 is 15.4 Å². The van der Waals surface area contributed by atoms with Crippen LogP contribution in [0.4, 0.5) is 20.3 Å². The topological polar surface area (TPSA) is 63.2 Å². The number of benzene rings is 1. The molecular weight excluding hydrogens is 340 g/mol. The van der Waals surface area contributed by atoms with Gasteiger partial charge in [0, 0.05) is 17.3 Å². The molecule has 136 valence electrons. The molecule has 2 rings (SSSR count). The van der Waals surface area contributed by atoms with Gasteiger partial charge in [0.05, 0.1) is 0 Å². The summed E-state index contributed by atoms with van der Waals surface area (Å²) in [4.78, 5) is 16.7. The quantitative estimate of drug-likeness (QED) is 0.800. The Morgan fingerprint density at radius 1 is 1.23 bits per heavy atom. The first-order valence-electron chi connectivity index (χ1n) is 7.81. The summed E-state index contributed by atoms with van der Waals surface area (Å²) >= 11 is 0. The van der Waals surface area contributed by atoms with E-state index in [1.165, 1.54) is 12.1 Å². The van der Waals surface area contributed by atoms with E-state index in [2.05, 4.69) is 21.5 Å². The van der Waals surface area contributed by atoms with Gasteiger partial charge < -0.3 is 15.4 Å². The van der Waals surface area contributed by atoms with E-state index in [-0.39, 0.29) is 29.6 Å². The summed E-state index contributed by atoms with van der Waals surface area (Å²) in [5.74, 6) is 0.831. The zero-order valence-corrected chi connectivity index (χ0v) is 14.7. The third-order valence-corrected chi connectivity index (χ3v) is 3.01. The molecule has 2 aromatic rings. The third kappa shape index (κ3) is 5.45. The molecule has 0 aliphatic carbocycles. The maximum Gasteiger partial charge on any atom is 0.274 e. The number of hydrogen-bond donors (Lipinski definition) is 2. The number of nitrogens with one attached hydrogen (secondary N) is 2. The van der Waals surface area contributed by atoms with Crippen molar-refractivity contribution >= 4 is 17.4 Å². The molecule has 0 atom stereocenters. The largest absolute Gasteiger partial charge is 0.478 e. The second-order valence-corrected chi connectivity index (χ2v) is 6.52. The maximum atomic E-state index is 13.3. The van der Waals surface area contributed by atoms with E-state index < -0.39 is 23.1 Å². The van der Waals surface area contributed by atoms with Crippen molar-refractivity contribution in [3.05, 3.63) is 47.7 Å². The number of amides is 1. The third-order valence-electron chi connectivity index (χ3n) is 3.01. The summed E-state index contributed by atoms with van der Waals surface area (Å²) < 4.78 is 32.0. The van der Waals surface area contributed by atoms with Crippen LogP contribution in [-0.4, -0.2) is 23.0 Å². The first-order chi connectivity index (χ1) is 12.2. The highest BCUT2D eigenvalue weighted by molar-refractivity contribution is 5.95. The fraction of sp³-hybridized carbons (Fsp3) is 0.263. The second kappa shape index (κ2) is 7.83. The van der Waals surface area contributed by atoms with Gasteiger partial charge in [-0.05, 0) is 45.0 Å². The van der Waals surface area contributed by atoms with Gasteiger partial charge in [-0.3, -0.25) is 4.79 Å². The molecule has 1 heterocycles. The van der Waals surface area contributed by atoms with E-state index in [0.29, 0.717) is 0 Å². The van der Waals surface area contributed by atoms with E-state index in [1.54, 1.807) is 0 Å². The molecule has 0 bridgehead atoms. The molecule has 7 heteroatoms. The number of halogens is 2. The van der Waals surface area contributed by atoms with Crippen LogP contribution in [-0.2, 0) is 0 Å². The number of nitrogens with zero attached hydrogens (tertiary/aromatic N) is 1. The van der Waals surface area contributed by atoms with Crippen molar-refractivity contribution in [2.24, 2.45) is 0 Å². The van der Waals surface area contributed by atoms with Crippen LogP contribution in [0.3, 0.4) is 0 Å². The number of carbonyl (C=O) groups is 1. The van der Waals surface area contributed by atoms with Crippen LogP contribution in [0, 0.1) is 24.0 Å². The van der Waals surface area contributed by atoms with Gasteiger partial charge in [-0.15, -0.1) is 6.42 Å². The second-order valence-electron chi connectivity index (χ2n) is 6.52. The maximum absolute atomic E-state index is 13.3. The van der Waals surface area contributed by atoms with Gasteiger partial charge in [-0.1, -0.05) is 5.92 Å². The minimum absolute atomic E-state index is 0.0112. The molecule has 0 spiro atoms. The lowest BCUT2D eigenvalue weighted by molar-refractivity contribution is 0.0910. The molecule has 26 heavy (non-hydrogen) atoms. The number of ether oxygens (including phenoxy) is 1. The highest BCUT2D eigenvalue weighted by Gasteiger charge is 2.21. The Morgan fingerprint density at radius 2 is 1.88 bits per heavy atom. The average Bonchev–Trinajstić information content (AvgIpc) is 2.51. The lowest BCUT2D eigenvalue weighted by Gasteiger charge is -2.21. The van der Waals surface area contributed by atoms with E-state index >= 15 is 0 Å². The minimum Gasteiger partial charge on any atom is -0.478 e. The predicted molar refractivity (Wildman–Crippen MR) is 95.4 cm³/mol. The number of carbonyl (C=O) groups excluding carboxylic acids is 1. The zero-order chi connectivity index (χ0) is 19.3. The summed E-state index contributed by atoms with van der Waals surface area (Å²) in [5.41, 5.74) is -0.316. The van der Waals surface area contributed by atoms with Crippen molar-refractivity contribution in [2.45, 2.75) is 26.3 Å². The molecule has 0 aliphatic rings. The Bertz CT molecular complexity index is 835. The summed E-state index contributed by atoms with van der Waals surface area (Å²) in [5, 5.41) is 5.54. The molecule has 1 aromatic heterocycles. The molecular formula is C19H19F2N3O2. The normalized spacial score (nSPS) is 10.8. The number of rotatable bonds is 5. The number of anilines is 2. The van der Waals surface area contributed by atoms with Crippen molar-refractivity contribution < 1.29 is 18.3 Å². The molecule has 0 saturated heterocycles. The lowest BCUT2D eigenvalue weighted by Crippen LogP contribution is -2.41.